The van der Waals surface area contributed by atoms with E-state index in [1.807, 2.05) is 34.6 Å². The van der Waals surface area contributed by atoms with Crippen LogP contribution in [0.4, 0.5) is 11.5 Å². The minimum Gasteiger partial charge on any atom is -0.479 e. The summed E-state index contributed by atoms with van der Waals surface area (Å²) in [5.74, 6) is -0.0756. The molecule has 256 valence electrons. The summed E-state index contributed by atoms with van der Waals surface area (Å²) in [6.45, 7) is 19.7. The second-order valence-corrected chi connectivity index (χ2v) is 15.8. The Labute approximate surface area is 288 Å². The third-order valence-electron chi connectivity index (χ3n) is 10.3. The van der Waals surface area contributed by atoms with E-state index < -0.39 is 17.7 Å². The number of H-pyrrole nitrogens is 1. The van der Waals surface area contributed by atoms with E-state index in [0.29, 0.717) is 11.3 Å². The van der Waals surface area contributed by atoms with Crippen LogP contribution in [0.25, 0.3) is 33.1 Å². The van der Waals surface area contributed by atoms with Crippen LogP contribution in [0.1, 0.15) is 87.2 Å². The first kappa shape index (κ1) is 33.0. The van der Waals surface area contributed by atoms with Crippen molar-refractivity contribution < 1.29 is 14.6 Å². The second-order valence-electron chi connectivity index (χ2n) is 15.8. The number of hydrogen-bond donors (Lipinski definition) is 2. The van der Waals surface area contributed by atoms with Gasteiger partial charge in [-0.25, -0.2) is 14.8 Å². The van der Waals surface area contributed by atoms with E-state index in [1.165, 1.54) is 16.7 Å². The molecule has 0 bridgehead atoms. The number of carboxylic acids is 1. The van der Waals surface area contributed by atoms with E-state index >= 15 is 0 Å². The number of anilines is 2. The molecule has 7 rings (SSSR count). The highest BCUT2D eigenvalue weighted by molar-refractivity contribution is 6.08. The molecule has 2 N–H and O–H groups in total. The second kappa shape index (κ2) is 12.1. The number of carbonyl (C=O) groups is 1. The fraction of sp³-hybridized carbons (Fsp3) is 0.450. The third-order valence-corrected chi connectivity index (χ3v) is 10.3. The number of fused-ring (bicyclic) bond motifs is 4. The zero-order valence-electron chi connectivity index (χ0n) is 30.1. The molecule has 5 heterocycles. The van der Waals surface area contributed by atoms with Gasteiger partial charge in [0.1, 0.15) is 17.4 Å². The minimum atomic E-state index is -1.14. The van der Waals surface area contributed by atoms with Gasteiger partial charge in [0, 0.05) is 59.6 Å². The lowest BCUT2D eigenvalue weighted by Gasteiger charge is -2.41. The molecule has 0 radical (unpaired) electrons. The fourth-order valence-corrected chi connectivity index (χ4v) is 7.68. The Hall–Kier alpha value is -4.50. The summed E-state index contributed by atoms with van der Waals surface area (Å²) in [7, 11) is 0. The van der Waals surface area contributed by atoms with Crippen molar-refractivity contribution in [3.05, 3.63) is 76.4 Å². The van der Waals surface area contributed by atoms with Crippen LogP contribution in [0.2, 0.25) is 0 Å². The molecule has 1 saturated heterocycles. The average Bonchev–Trinajstić information content (AvgIpc) is 3.41. The van der Waals surface area contributed by atoms with Crippen molar-refractivity contribution in [1.82, 2.24) is 19.9 Å². The molecular weight excluding hydrogens is 612 g/mol. The van der Waals surface area contributed by atoms with E-state index in [-0.39, 0.29) is 5.41 Å². The number of piperidine rings is 1. The third kappa shape index (κ3) is 6.25. The monoisotopic (exact) mass is 660 g/mol. The zero-order chi connectivity index (χ0) is 34.8. The van der Waals surface area contributed by atoms with E-state index in [1.54, 1.807) is 6.33 Å². The molecule has 0 saturated carbocycles. The maximum atomic E-state index is 12.9. The SMILES string of the molecule is Cc1ccc2[nH]c3c(N4CCc5cc(-c6c(C)nc(C)c([C@H](OC(C)(C)C)C(=O)O)c6N6CCC(C)(C)CC6)ccc5C4)ncnc3c2c1. The van der Waals surface area contributed by atoms with Crippen molar-refractivity contribution in [2.24, 2.45) is 5.41 Å². The first-order valence-electron chi connectivity index (χ1n) is 17.5. The van der Waals surface area contributed by atoms with Crippen LogP contribution in [-0.2, 0) is 22.5 Å². The van der Waals surface area contributed by atoms with E-state index in [4.69, 9.17) is 14.7 Å². The molecule has 9 heteroatoms. The van der Waals surface area contributed by atoms with Crippen molar-refractivity contribution in [2.45, 2.75) is 92.9 Å². The van der Waals surface area contributed by atoms with Gasteiger partial charge >= 0.3 is 5.97 Å². The Morgan fingerprint density at radius 1 is 0.959 bits per heavy atom. The van der Waals surface area contributed by atoms with Gasteiger partial charge in [0.2, 0.25) is 0 Å². The predicted molar refractivity (Wildman–Crippen MR) is 196 cm³/mol. The summed E-state index contributed by atoms with van der Waals surface area (Å²) in [4.78, 5) is 35.6. The molecule has 49 heavy (non-hydrogen) atoms. The van der Waals surface area contributed by atoms with Gasteiger partial charge in [0.25, 0.3) is 0 Å². The number of aryl methyl sites for hydroxylation is 3. The fourth-order valence-electron chi connectivity index (χ4n) is 7.68. The Bertz CT molecular complexity index is 2080. The van der Waals surface area contributed by atoms with Gasteiger partial charge in [0.15, 0.2) is 11.9 Å². The van der Waals surface area contributed by atoms with Crippen molar-refractivity contribution in [1.29, 1.82) is 0 Å². The highest BCUT2D eigenvalue weighted by Gasteiger charge is 2.37. The van der Waals surface area contributed by atoms with Gasteiger partial charge in [0.05, 0.1) is 11.3 Å². The molecule has 5 aromatic rings. The Morgan fingerprint density at radius 3 is 2.43 bits per heavy atom. The smallest absolute Gasteiger partial charge is 0.337 e. The van der Waals surface area contributed by atoms with Gasteiger partial charge in [-0.2, -0.15) is 0 Å². The number of carboxylic acid groups (broad SMARTS) is 1. The van der Waals surface area contributed by atoms with Gasteiger partial charge < -0.3 is 24.6 Å². The van der Waals surface area contributed by atoms with E-state index in [0.717, 1.165) is 95.7 Å². The van der Waals surface area contributed by atoms with Crippen molar-refractivity contribution in [3.8, 4) is 11.1 Å². The lowest BCUT2D eigenvalue weighted by Crippen LogP contribution is -2.39. The van der Waals surface area contributed by atoms with Crippen LogP contribution in [0, 0.1) is 26.2 Å². The number of benzene rings is 2. The molecule has 2 aliphatic rings. The molecule has 1 atom stereocenters. The van der Waals surface area contributed by atoms with Crippen LogP contribution in [0.3, 0.4) is 0 Å². The topological polar surface area (TPSA) is 107 Å². The summed E-state index contributed by atoms with van der Waals surface area (Å²) in [6.07, 6.45) is 3.44. The molecule has 3 aromatic heterocycles. The van der Waals surface area contributed by atoms with Crippen LogP contribution in [0.15, 0.2) is 42.7 Å². The van der Waals surface area contributed by atoms with Gasteiger partial charge in [-0.15, -0.1) is 0 Å². The summed E-state index contributed by atoms with van der Waals surface area (Å²) >= 11 is 0. The number of aliphatic carboxylic acids is 1. The number of aromatic amines is 1. The minimum absolute atomic E-state index is 0.237. The molecule has 0 amide bonds. The van der Waals surface area contributed by atoms with E-state index in [2.05, 4.69) is 76.9 Å². The maximum Gasteiger partial charge on any atom is 0.337 e. The predicted octanol–water partition coefficient (Wildman–Crippen LogP) is 8.23. The molecule has 2 aliphatic heterocycles. The number of nitrogens with zero attached hydrogens (tertiary/aromatic N) is 5. The summed E-state index contributed by atoms with van der Waals surface area (Å²) in [6, 6.07) is 13.1. The molecule has 0 aliphatic carbocycles. The normalized spacial score (nSPS) is 17.1. The summed E-state index contributed by atoms with van der Waals surface area (Å²) in [5, 5.41) is 11.7. The number of nitrogens with one attached hydrogen (secondary N) is 1. The van der Waals surface area contributed by atoms with Gasteiger partial charge in [-0.3, -0.25) is 4.98 Å². The maximum absolute atomic E-state index is 12.9. The molecule has 9 nitrogen and oxygen atoms in total. The van der Waals surface area contributed by atoms with Crippen LogP contribution in [0.5, 0.6) is 0 Å². The number of hydrogen-bond acceptors (Lipinski definition) is 7. The number of pyridine rings is 1. The standard InChI is InChI=1S/C40H48N6O3/c1-23-9-12-30-29(19-23)33-34(44-30)37(42-22-41-33)46-16-13-26-20-27(10-11-28(26)21-46)31-24(2)43-25(3)32(36(38(47)48)49-39(4,5)6)35(31)45-17-14-40(7,8)15-18-45/h9-12,19-20,22,36,44H,13-18,21H2,1-8H3,(H,47,48)/t36-/m0/s1. The van der Waals surface area contributed by atoms with Crippen LogP contribution in [-0.4, -0.2) is 56.2 Å². The van der Waals surface area contributed by atoms with Gasteiger partial charge in [-0.1, -0.05) is 43.7 Å². The first-order chi connectivity index (χ1) is 23.2. The molecular formula is C40H48N6O3. The highest BCUT2D eigenvalue weighted by Crippen LogP contribution is 2.45. The van der Waals surface area contributed by atoms with Gasteiger partial charge in [-0.05, 0) is 95.0 Å². The lowest BCUT2D eigenvalue weighted by molar-refractivity contribution is -0.160. The number of rotatable bonds is 6. The molecule has 2 aromatic carbocycles. The van der Waals surface area contributed by atoms with Crippen molar-refractivity contribution >= 4 is 39.4 Å². The van der Waals surface area contributed by atoms with Crippen LogP contribution >= 0.6 is 0 Å². The average molecular weight is 661 g/mol. The van der Waals surface area contributed by atoms with Crippen molar-refractivity contribution in [2.75, 3.05) is 29.4 Å². The number of aromatic nitrogens is 4. The Morgan fingerprint density at radius 2 is 1.71 bits per heavy atom. The largest absolute Gasteiger partial charge is 0.479 e. The molecule has 0 spiro atoms. The molecule has 0 unspecified atom stereocenters. The Balaban J connectivity index is 1.30. The molecule has 1 fully saturated rings. The summed E-state index contributed by atoms with van der Waals surface area (Å²) < 4.78 is 6.28. The quantitative estimate of drug-likeness (QED) is 0.188. The van der Waals surface area contributed by atoms with Crippen molar-refractivity contribution in [3.63, 3.8) is 0 Å². The summed E-state index contributed by atoms with van der Waals surface area (Å²) in [5.41, 5.74) is 11.6. The van der Waals surface area contributed by atoms with Crippen LogP contribution < -0.4 is 9.80 Å². The lowest BCUT2D eigenvalue weighted by atomic mass is 9.81. The highest BCUT2D eigenvalue weighted by atomic mass is 16.5. The first-order valence-corrected chi connectivity index (χ1v) is 17.5. The van der Waals surface area contributed by atoms with E-state index in [9.17, 15) is 9.90 Å². The Kier molecular flexibility index (Phi) is 8.17. The zero-order valence-corrected chi connectivity index (χ0v) is 30.1. The number of ether oxygens (including phenoxy) is 1.